The average Bonchev–Trinajstić information content (AvgIpc) is 2.82. The lowest BCUT2D eigenvalue weighted by atomic mass is 10.0. The van der Waals surface area contributed by atoms with Gasteiger partial charge in [0.15, 0.2) is 11.5 Å². The maximum atomic E-state index is 12.6. The first-order valence-corrected chi connectivity index (χ1v) is 9.81. The lowest BCUT2D eigenvalue weighted by molar-refractivity contribution is -0.394. The Bertz CT molecular complexity index is 1350. The molecule has 3 rings (SSSR count). The predicted molar refractivity (Wildman–Crippen MR) is 123 cm³/mol. The Kier molecular flexibility index (Phi) is 7.20. The molecule has 0 aliphatic carbocycles. The number of nitro benzene ring substituents is 2. The lowest BCUT2D eigenvalue weighted by Crippen LogP contribution is -2.10. The number of nitro groups is 2. The molecule has 10 nitrogen and oxygen atoms in total. The first-order chi connectivity index (χ1) is 16.2. The van der Waals surface area contributed by atoms with Crippen LogP contribution in [0.5, 0.6) is 11.5 Å². The number of carbonyl (C=O) groups is 1. The van der Waals surface area contributed by atoms with Crippen molar-refractivity contribution in [1.29, 1.82) is 5.26 Å². The Balaban J connectivity index is 1.92. The molecule has 34 heavy (non-hydrogen) atoms. The molecule has 0 saturated heterocycles. The van der Waals surface area contributed by atoms with Gasteiger partial charge in [-0.05, 0) is 41.5 Å². The van der Waals surface area contributed by atoms with E-state index in [4.69, 9.17) is 21.1 Å². The third-order valence-electron chi connectivity index (χ3n) is 4.52. The van der Waals surface area contributed by atoms with Crippen LogP contribution < -0.4 is 9.47 Å². The minimum atomic E-state index is -1.05. The molecule has 0 fully saturated rings. The molecule has 0 radical (unpaired) electrons. The lowest BCUT2D eigenvalue weighted by Gasteiger charge is -2.10. The van der Waals surface area contributed by atoms with Gasteiger partial charge >= 0.3 is 5.97 Å². The number of esters is 1. The molecule has 0 atom stereocenters. The number of hydrogen-bond donors (Lipinski definition) is 0. The number of halogens is 1. The topological polar surface area (TPSA) is 146 Å². The second-order valence-corrected chi connectivity index (χ2v) is 7.17. The highest BCUT2D eigenvalue weighted by Crippen LogP contribution is 2.32. The maximum absolute atomic E-state index is 12.6. The summed E-state index contributed by atoms with van der Waals surface area (Å²) < 4.78 is 10.5. The summed E-state index contributed by atoms with van der Waals surface area (Å²) in [6, 6.07) is 15.8. The van der Waals surface area contributed by atoms with Gasteiger partial charge in [-0.15, -0.1) is 0 Å². The van der Waals surface area contributed by atoms with Gasteiger partial charge in [0.1, 0.15) is 0 Å². The van der Waals surface area contributed by atoms with E-state index in [2.05, 4.69) is 6.07 Å². The van der Waals surface area contributed by atoms with Crippen LogP contribution in [0.25, 0.3) is 11.6 Å². The van der Waals surface area contributed by atoms with E-state index in [0.717, 1.165) is 18.2 Å². The minimum absolute atomic E-state index is 0.0277. The molecule has 0 saturated carbocycles. The summed E-state index contributed by atoms with van der Waals surface area (Å²) in [6.07, 6.45) is 1.59. The van der Waals surface area contributed by atoms with E-state index < -0.39 is 27.2 Å². The van der Waals surface area contributed by atoms with Crippen LogP contribution in [0.3, 0.4) is 0 Å². The zero-order valence-corrected chi connectivity index (χ0v) is 18.2. The molecular weight excluding hydrogens is 466 g/mol. The zero-order valence-electron chi connectivity index (χ0n) is 17.4. The molecule has 11 heteroatoms. The Morgan fingerprint density at radius 2 is 1.65 bits per heavy atom. The fourth-order valence-electron chi connectivity index (χ4n) is 2.94. The summed E-state index contributed by atoms with van der Waals surface area (Å²) in [4.78, 5) is 33.0. The summed E-state index contributed by atoms with van der Waals surface area (Å²) in [5, 5.41) is 32.1. The van der Waals surface area contributed by atoms with Crippen LogP contribution in [0.1, 0.15) is 21.5 Å². The number of non-ortho nitro benzene ring substituents is 2. The molecule has 0 bridgehead atoms. The number of ether oxygens (including phenoxy) is 2. The van der Waals surface area contributed by atoms with Crippen LogP contribution in [0.2, 0.25) is 5.02 Å². The van der Waals surface area contributed by atoms with E-state index in [1.54, 1.807) is 36.4 Å². The molecule has 0 N–H and O–H groups in total. The van der Waals surface area contributed by atoms with Gasteiger partial charge in [-0.3, -0.25) is 20.2 Å². The Morgan fingerprint density at radius 3 is 2.21 bits per heavy atom. The summed E-state index contributed by atoms with van der Waals surface area (Å²) in [7, 11) is 1.33. The minimum Gasteiger partial charge on any atom is -0.493 e. The van der Waals surface area contributed by atoms with Crippen LogP contribution in [0, 0.1) is 31.6 Å². The van der Waals surface area contributed by atoms with E-state index in [-0.39, 0.29) is 17.1 Å². The van der Waals surface area contributed by atoms with Gasteiger partial charge in [0.05, 0.1) is 40.2 Å². The molecule has 3 aromatic rings. The van der Waals surface area contributed by atoms with Crippen molar-refractivity contribution in [1.82, 2.24) is 0 Å². The number of nitriles is 1. The zero-order chi connectivity index (χ0) is 24.8. The first-order valence-electron chi connectivity index (χ1n) is 9.43. The number of rotatable bonds is 7. The van der Waals surface area contributed by atoms with Gasteiger partial charge in [-0.1, -0.05) is 29.8 Å². The molecule has 170 valence electrons. The fraction of sp³-hybridized carbons (Fsp3) is 0.0435. The van der Waals surface area contributed by atoms with Crippen molar-refractivity contribution < 1.29 is 24.1 Å². The summed E-state index contributed by atoms with van der Waals surface area (Å²) in [5.74, 6) is -0.949. The summed E-state index contributed by atoms with van der Waals surface area (Å²) >= 11 is 5.99. The van der Waals surface area contributed by atoms with Gasteiger partial charge in [0.2, 0.25) is 0 Å². The van der Waals surface area contributed by atoms with Crippen LogP contribution in [-0.4, -0.2) is 22.9 Å². The van der Waals surface area contributed by atoms with Crippen molar-refractivity contribution in [2.45, 2.75) is 0 Å². The van der Waals surface area contributed by atoms with Gasteiger partial charge in [0.25, 0.3) is 11.4 Å². The number of nitrogens with zero attached hydrogens (tertiary/aromatic N) is 3. The highest BCUT2D eigenvalue weighted by Gasteiger charge is 2.22. The molecular formula is C23H14ClN3O7. The van der Waals surface area contributed by atoms with Crippen molar-refractivity contribution in [2.24, 2.45) is 0 Å². The number of benzene rings is 3. The van der Waals surface area contributed by atoms with Crippen molar-refractivity contribution in [3.8, 4) is 17.6 Å². The monoisotopic (exact) mass is 479 g/mol. The number of methoxy groups -OCH3 is 1. The highest BCUT2D eigenvalue weighted by molar-refractivity contribution is 6.30. The average molecular weight is 480 g/mol. The third kappa shape index (κ3) is 5.53. The molecule has 0 unspecified atom stereocenters. The number of hydrogen-bond acceptors (Lipinski definition) is 8. The van der Waals surface area contributed by atoms with Crippen molar-refractivity contribution in [3.05, 3.63) is 103 Å². The molecule has 0 aliphatic rings. The van der Waals surface area contributed by atoms with E-state index in [9.17, 15) is 30.3 Å². The standard InChI is InChI=1S/C23H14ClN3O7/c1-33-22-8-14(7-17(13-25)15-3-2-4-18(24)9-15)5-6-21(22)34-23(28)16-10-19(26(29)30)12-20(11-16)27(31)32/h2-12H,1H3/b17-7-. The SMILES string of the molecule is COc1cc(/C=C(/C#N)c2cccc(Cl)c2)ccc1OC(=O)c1cc([N+](=O)[O-])cc([N+](=O)[O-])c1. The van der Waals surface area contributed by atoms with Crippen molar-refractivity contribution in [3.63, 3.8) is 0 Å². The first kappa shape index (κ1) is 23.9. The molecule has 0 amide bonds. The van der Waals surface area contributed by atoms with E-state index in [1.807, 2.05) is 0 Å². The van der Waals surface area contributed by atoms with Gasteiger partial charge in [-0.2, -0.15) is 5.26 Å². The van der Waals surface area contributed by atoms with E-state index in [1.165, 1.54) is 19.2 Å². The van der Waals surface area contributed by atoms with Crippen LogP contribution >= 0.6 is 11.6 Å². The summed E-state index contributed by atoms with van der Waals surface area (Å²) in [5.41, 5.74) is -0.133. The number of carbonyl (C=O) groups excluding carboxylic acids is 1. The molecule has 0 heterocycles. The molecule has 0 aromatic heterocycles. The van der Waals surface area contributed by atoms with Crippen LogP contribution in [0.4, 0.5) is 11.4 Å². The fourth-order valence-corrected chi connectivity index (χ4v) is 3.13. The Hall–Kier alpha value is -4.75. The van der Waals surface area contributed by atoms with Crippen LogP contribution in [-0.2, 0) is 0 Å². The molecule has 0 aliphatic heterocycles. The quantitative estimate of drug-likeness (QED) is 0.108. The van der Waals surface area contributed by atoms with Crippen molar-refractivity contribution >= 4 is 40.6 Å². The second-order valence-electron chi connectivity index (χ2n) is 6.73. The normalized spacial score (nSPS) is 10.8. The van der Waals surface area contributed by atoms with Crippen molar-refractivity contribution in [2.75, 3.05) is 7.11 Å². The Labute approximate surface area is 197 Å². The van der Waals surface area contributed by atoms with E-state index in [0.29, 0.717) is 21.7 Å². The highest BCUT2D eigenvalue weighted by atomic mass is 35.5. The smallest absolute Gasteiger partial charge is 0.344 e. The largest absolute Gasteiger partial charge is 0.493 e. The van der Waals surface area contributed by atoms with Gasteiger partial charge in [0, 0.05) is 17.2 Å². The van der Waals surface area contributed by atoms with E-state index >= 15 is 0 Å². The predicted octanol–water partition coefficient (Wildman–Crippen LogP) is 5.45. The molecule has 0 spiro atoms. The molecule has 3 aromatic carbocycles. The maximum Gasteiger partial charge on any atom is 0.344 e. The van der Waals surface area contributed by atoms with Gasteiger partial charge in [-0.25, -0.2) is 4.79 Å². The third-order valence-corrected chi connectivity index (χ3v) is 4.75. The van der Waals surface area contributed by atoms with Crippen LogP contribution in [0.15, 0.2) is 60.7 Å². The summed E-state index contributed by atoms with van der Waals surface area (Å²) in [6.45, 7) is 0. The second kappa shape index (κ2) is 10.2. The number of allylic oxidation sites excluding steroid dienone is 1. The van der Waals surface area contributed by atoms with Gasteiger partial charge < -0.3 is 9.47 Å². The Morgan fingerprint density at radius 1 is 0.971 bits per heavy atom.